The van der Waals surface area contributed by atoms with Crippen LogP contribution in [0.1, 0.15) is 33.6 Å². The normalized spacial score (nSPS) is 28.9. The zero-order chi connectivity index (χ0) is 10.6. The monoisotopic (exact) mass is 200 g/mol. The fourth-order valence-corrected chi connectivity index (χ4v) is 2.28. The van der Waals surface area contributed by atoms with Crippen molar-refractivity contribution in [2.24, 2.45) is 5.73 Å². The van der Waals surface area contributed by atoms with E-state index in [-0.39, 0.29) is 5.60 Å². The van der Waals surface area contributed by atoms with Crippen molar-refractivity contribution in [2.75, 3.05) is 26.2 Å². The Balaban J connectivity index is 2.54. The highest BCUT2D eigenvalue weighted by Gasteiger charge is 2.38. The Bertz CT molecular complexity index is 165. The average Bonchev–Trinajstić information content (AvgIpc) is 2.51. The summed E-state index contributed by atoms with van der Waals surface area (Å²) in [6.45, 7) is 10.3. The van der Waals surface area contributed by atoms with Crippen LogP contribution in [0.4, 0.5) is 0 Å². The van der Waals surface area contributed by atoms with Crippen molar-refractivity contribution in [3.63, 3.8) is 0 Å². The largest absolute Gasteiger partial charge is 0.374 e. The molecule has 1 atom stereocenters. The van der Waals surface area contributed by atoms with Gasteiger partial charge < -0.3 is 10.5 Å². The maximum absolute atomic E-state index is 5.89. The Morgan fingerprint density at radius 1 is 1.50 bits per heavy atom. The highest BCUT2D eigenvalue weighted by molar-refractivity contribution is 4.93. The van der Waals surface area contributed by atoms with Crippen molar-refractivity contribution in [1.29, 1.82) is 0 Å². The second kappa shape index (κ2) is 5.10. The molecule has 0 aromatic carbocycles. The summed E-state index contributed by atoms with van der Waals surface area (Å²) in [4.78, 5) is 2.48. The van der Waals surface area contributed by atoms with E-state index in [0.717, 1.165) is 39.1 Å². The minimum absolute atomic E-state index is 0.0494. The Labute approximate surface area is 87.6 Å². The average molecular weight is 200 g/mol. The minimum atomic E-state index is 0.0494. The lowest BCUT2D eigenvalue weighted by Gasteiger charge is -2.30. The molecule has 1 saturated heterocycles. The predicted molar refractivity (Wildman–Crippen MR) is 59.4 cm³/mol. The van der Waals surface area contributed by atoms with Gasteiger partial charge in [-0.2, -0.15) is 0 Å². The number of nitrogens with zero attached hydrogens (tertiary/aromatic N) is 1. The molecular formula is C11H24N2O. The first-order valence-electron chi connectivity index (χ1n) is 5.71. The molecule has 1 rings (SSSR count). The molecule has 1 aliphatic rings. The fourth-order valence-electron chi connectivity index (χ4n) is 2.28. The number of hydrogen-bond donors (Lipinski definition) is 1. The van der Waals surface area contributed by atoms with Gasteiger partial charge in [0.25, 0.3) is 0 Å². The van der Waals surface area contributed by atoms with E-state index in [9.17, 15) is 0 Å². The SMILES string of the molecule is CCOC1(CCN)CCN(C(C)C)C1. The van der Waals surface area contributed by atoms with E-state index < -0.39 is 0 Å². The summed E-state index contributed by atoms with van der Waals surface area (Å²) >= 11 is 0. The van der Waals surface area contributed by atoms with Crippen molar-refractivity contribution < 1.29 is 4.74 Å². The highest BCUT2D eigenvalue weighted by Crippen LogP contribution is 2.29. The number of ether oxygens (including phenoxy) is 1. The Hall–Kier alpha value is -0.120. The fraction of sp³-hybridized carbons (Fsp3) is 1.00. The third-order valence-electron chi connectivity index (χ3n) is 3.13. The molecule has 2 N–H and O–H groups in total. The summed E-state index contributed by atoms with van der Waals surface area (Å²) in [5.74, 6) is 0. The van der Waals surface area contributed by atoms with Gasteiger partial charge in [-0.25, -0.2) is 0 Å². The van der Waals surface area contributed by atoms with Gasteiger partial charge in [0.1, 0.15) is 0 Å². The molecule has 0 aliphatic carbocycles. The first-order chi connectivity index (χ1) is 6.63. The standard InChI is InChI=1S/C11H24N2O/c1-4-14-11(5-7-12)6-8-13(9-11)10(2)3/h10H,4-9,12H2,1-3H3. The van der Waals surface area contributed by atoms with Crippen LogP contribution in [0, 0.1) is 0 Å². The smallest absolute Gasteiger partial charge is 0.0832 e. The zero-order valence-corrected chi connectivity index (χ0v) is 9.75. The third kappa shape index (κ3) is 2.69. The van der Waals surface area contributed by atoms with Crippen molar-refractivity contribution in [1.82, 2.24) is 4.90 Å². The van der Waals surface area contributed by atoms with Gasteiger partial charge in [0.15, 0.2) is 0 Å². The van der Waals surface area contributed by atoms with Crippen molar-refractivity contribution >= 4 is 0 Å². The lowest BCUT2D eigenvalue weighted by molar-refractivity contribution is -0.0368. The number of likely N-dealkylation sites (tertiary alicyclic amines) is 1. The van der Waals surface area contributed by atoms with E-state index in [2.05, 4.69) is 25.7 Å². The number of nitrogens with two attached hydrogens (primary N) is 1. The molecule has 0 amide bonds. The van der Waals surface area contributed by atoms with Crippen LogP contribution in [-0.4, -0.2) is 42.8 Å². The van der Waals surface area contributed by atoms with Crippen LogP contribution in [0.15, 0.2) is 0 Å². The van der Waals surface area contributed by atoms with Gasteiger partial charge in [0.05, 0.1) is 5.60 Å². The van der Waals surface area contributed by atoms with Gasteiger partial charge >= 0.3 is 0 Å². The van der Waals surface area contributed by atoms with E-state index in [1.165, 1.54) is 0 Å². The van der Waals surface area contributed by atoms with Crippen LogP contribution >= 0.6 is 0 Å². The Morgan fingerprint density at radius 3 is 2.64 bits per heavy atom. The van der Waals surface area contributed by atoms with Gasteiger partial charge in [-0.3, -0.25) is 4.90 Å². The zero-order valence-electron chi connectivity index (χ0n) is 9.75. The van der Waals surface area contributed by atoms with Gasteiger partial charge in [-0.1, -0.05) is 0 Å². The summed E-state index contributed by atoms with van der Waals surface area (Å²) in [7, 11) is 0. The molecule has 1 aliphatic heterocycles. The van der Waals surface area contributed by atoms with E-state index >= 15 is 0 Å². The maximum Gasteiger partial charge on any atom is 0.0832 e. The first-order valence-corrected chi connectivity index (χ1v) is 5.71. The second-order valence-electron chi connectivity index (χ2n) is 4.47. The molecule has 3 nitrogen and oxygen atoms in total. The van der Waals surface area contributed by atoms with Crippen LogP contribution in [0.2, 0.25) is 0 Å². The number of rotatable bonds is 5. The van der Waals surface area contributed by atoms with E-state index in [1.807, 2.05) is 0 Å². The van der Waals surface area contributed by atoms with Gasteiger partial charge in [-0.05, 0) is 40.2 Å². The van der Waals surface area contributed by atoms with Crippen molar-refractivity contribution in [2.45, 2.75) is 45.3 Å². The molecule has 0 radical (unpaired) electrons. The summed E-state index contributed by atoms with van der Waals surface area (Å²) in [6, 6.07) is 0.620. The maximum atomic E-state index is 5.89. The van der Waals surface area contributed by atoms with Gasteiger partial charge in [0, 0.05) is 25.7 Å². The molecule has 0 spiro atoms. The molecule has 1 heterocycles. The number of hydrogen-bond acceptors (Lipinski definition) is 3. The summed E-state index contributed by atoms with van der Waals surface area (Å²) in [5.41, 5.74) is 5.70. The van der Waals surface area contributed by atoms with Gasteiger partial charge in [0.2, 0.25) is 0 Å². The lowest BCUT2D eigenvalue weighted by atomic mass is 9.98. The van der Waals surface area contributed by atoms with Gasteiger partial charge in [-0.15, -0.1) is 0 Å². The molecule has 1 unspecified atom stereocenters. The summed E-state index contributed by atoms with van der Waals surface area (Å²) < 4.78 is 5.89. The quantitative estimate of drug-likeness (QED) is 0.725. The second-order valence-corrected chi connectivity index (χ2v) is 4.47. The van der Waals surface area contributed by atoms with E-state index in [0.29, 0.717) is 6.04 Å². The molecule has 0 saturated carbocycles. The molecule has 0 aromatic rings. The first kappa shape index (κ1) is 12.0. The van der Waals surface area contributed by atoms with Crippen LogP contribution in [-0.2, 0) is 4.74 Å². The summed E-state index contributed by atoms with van der Waals surface area (Å²) in [5, 5.41) is 0. The molecule has 3 heteroatoms. The molecular weight excluding hydrogens is 176 g/mol. The topological polar surface area (TPSA) is 38.5 Å². The van der Waals surface area contributed by atoms with Crippen LogP contribution in [0.5, 0.6) is 0 Å². The third-order valence-corrected chi connectivity index (χ3v) is 3.13. The lowest BCUT2D eigenvalue weighted by Crippen LogP contribution is -2.40. The van der Waals surface area contributed by atoms with E-state index in [1.54, 1.807) is 0 Å². The predicted octanol–water partition coefficient (Wildman–Crippen LogP) is 1.22. The van der Waals surface area contributed by atoms with Crippen LogP contribution < -0.4 is 5.73 Å². The van der Waals surface area contributed by atoms with Crippen molar-refractivity contribution in [3.05, 3.63) is 0 Å². The summed E-state index contributed by atoms with van der Waals surface area (Å²) in [6.07, 6.45) is 2.13. The minimum Gasteiger partial charge on any atom is -0.374 e. The Kier molecular flexibility index (Phi) is 4.35. The molecule has 0 aromatic heterocycles. The molecule has 0 bridgehead atoms. The van der Waals surface area contributed by atoms with Crippen LogP contribution in [0.3, 0.4) is 0 Å². The molecule has 84 valence electrons. The Morgan fingerprint density at radius 2 is 2.21 bits per heavy atom. The van der Waals surface area contributed by atoms with Crippen molar-refractivity contribution in [3.8, 4) is 0 Å². The highest BCUT2D eigenvalue weighted by atomic mass is 16.5. The molecule has 14 heavy (non-hydrogen) atoms. The molecule has 1 fully saturated rings. The van der Waals surface area contributed by atoms with E-state index in [4.69, 9.17) is 10.5 Å². The van der Waals surface area contributed by atoms with Crippen LogP contribution in [0.25, 0.3) is 0 Å².